The molecule has 0 aliphatic rings. The van der Waals surface area contributed by atoms with Crippen molar-refractivity contribution in [3.63, 3.8) is 0 Å². The van der Waals surface area contributed by atoms with E-state index >= 15 is 0 Å². The first kappa shape index (κ1) is 21.1. The summed E-state index contributed by atoms with van der Waals surface area (Å²) in [7, 11) is -1.74. The first-order chi connectivity index (χ1) is 12.9. The Balaban J connectivity index is 1.86. The third kappa shape index (κ3) is 6.20. The molecule has 27 heavy (non-hydrogen) atoms. The van der Waals surface area contributed by atoms with Crippen LogP contribution in [-0.2, 0) is 0 Å². The Morgan fingerprint density at radius 2 is 1.11 bits per heavy atom. The number of halogens is 4. The molecule has 0 N–H and O–H groups in total. The second-order valence-corrected chi connectivity index (χ2v) is 9.99. The van der Waals surface area contributed by atoms with Crippen molar-refractivity contribution in [2.24, 2.45) is 0 Å². The standard InChI is InChI=1S/C19H13Br4O3P/c1-12-2-6-15(7-3-12)24-27(25-18-8-4-13(20)10-16(18)22)26-19-9-5-14(21)11-17(19)23/h2-11H,1H3. The fraction of sp³-hybridized carbons (Fsp3) is 0.0526. The molecule has 0 radical (unpaired) electrons. The molecule has 0 aliphatic carbocycles. The highest BCUT2D eigenvalue weighted by atomic mass is 79.9. The van der Waals surface area contributed by atoms with Crippen LogP contribution in [0.15, 0.2) is 78.6 Å². The molecule has 3 aromatic carbocycles. The van der Waals surface area contributed by atoms with Gasteiger partial charge in [-0.2, -0.15) is 0 Å². The van der Waals surface area contributed by atoms with Gasteiger partial charge in [0.2, 0.25) is 0 Å². The van der Waals surface area contributed by atoms with E-state index in [1.807, 2.05) is 67.6 Å². The zero-order valence-electron chi connectivity index (χ0n) is 14.0. The van der Waals surface area contributed by atoms with E-state index in [0.717, 1.165) is 23.5 Å². The van der Waals surface area contributed by atoms with Crippen LogP contribution >= 0.6 is 72.3 Å². The fourth-order valence-electron chi connectivity index (χ4n) is 2.00. The highest BCUT2D eigenvalue weighted by molar-refractivity contribution is 9.11. The van der Waals surface area contributed by atoms with E-state index in [1.165, 1.54) is 0 Å². The second-order valence-electron chi connectivity index (χ2n) is 5.46. The van der Waals surface area contributed by atoms with E-state index in [9.17, 15) is 0 Å². The van der Waals surface area contributed by atoms with Gasteiger partial charge in [-0.25, -0.2) is 0 Å². The lowest BCUT2D eigenvalue weighted by Gasteiger charge is -2.19. The monoisotopic (exact) mass is 636 g/mol. The first-order valence-corrected chi connectivity index (χ1v) is 12.0. The minimum absolute atomic E-state index is 0.629. The third-order valence-electron chi connectivity index (χ3n) is 3.33. The average Bonchev–Trinajstić information content (AvgIpc) is 2.61. The summed E-state index contributed by atoms with van der Waals surface area (Å²) in [6, 6.07) is 19.1. The average molecular weight is 640 g/mol. The van der Waals surface area contributed by atoms with Gasteiger partial charge in [0.1, 0.15) is 17.2 Å². The molecule has 0 bridgehead atoms. The van der Waals surface area contributed by atoms with E-state index < -0.39 is 8.60 Å². The number of rotatable bonds is 6. The van der Waals surface area contributed by atoms with Crippen LogP contribution in [0.2, 0.25) is 0 Å². The van der Waals surface area contributed by atoms with Gasteiger partial charge >= 0.3 is 8.60 Å². The minimum atomic E-state index is -1.74. The smallest absolute Gasteiger partial charge is 0.409 e. The Hall–Kier alpha value is -0.590. The molecule has 0 fully saturated rings. The zero-order valence-corrected chi connectivity index (χ0v) is 21.2. The highest BCUT2D eigenvalue weighted by Gasteiger charge is 2.22. The lowest BCUT2D eigenvalue weighted by atomic mass is 10.2. The Kier molecular flexibility index (Phi) is 7.63. The van der Waals surface area contributed by atoms with Gasteiger partial charge in [0, 0.05) is 8.95 Å². The molecule has 0 aliphatic heterocycles. The third-order valence-corrected chi connectivity index (χ3v) is 6.61. The quantitative estimate of drug-likeness (QED) is 0.252. The lowest BCUT2D eigenvalue weighted by molar-refractivity contribution is 0.386. The van der Waals surface area contributed by atoms with Gasteiger partial charge in [-0.3, -0.25) is 0 Å². The van der Waals surface area contributed by atoms with Gasteiger partial charge in [0.05, 0.1) is 8.95 Å². The molecule has 0 spiro atoms. The summed E-state index contributed by atoms with van der Waals surface area (Å²) in [5.41, 5.74) is 1.15. The van der Waals surface area contributed by atoms with Crippen LogP contribution in [0.4, 0.5) is 0 Å². The van der Waals surface area contributed by atoms with Crippen LogP contribution < -0.4 is 13.6 Å². The summed E-state index contributed by atoms with van der Waals surface area (Å²) in [5.74, 6) is 1.93. The van der Waals surface area contributed by atoms with Crippen molar-refractivity contribution in [3.8, 4) is 17.2 Å². The lowest BCUT2D eigenvalue weighted by Crippen LogP contribution is -2.03. The zero-order chi connectivity index (χ0) is 19.4. The Morgan fingerprint density at radius 3 is 1.56 bits per heavy atom. The fourth-order valence-corrected chi connectivity index (χ4v) is 5.55. The predicted octanol–water partition coefficient (Wildman–Crippen LogP) is 8.81. The first-order valence-electron chi connectivity index (χ1n) is 7.71. The van der Waals surface area contributed by atoms with Crippen molar-refractivity contribution in [1.82, 2.24) is 0 Å². The van der Waals surface area contributed by atoms with Gasteiger partial charge in [-0.1, -0.05) is 49.6 Å². The molecule has 0 aromatic heterocycles. The van der Waals surface area contributed by atoms with Gasteiger partial charge in [-0.05, 0) is 87.3 Å². The van der Waals surface area contributed by atoms with Crippen molar-refractivity contribution < 1.29 is 13.6 Å². The molecule has 0 atom stereocenters. The van der Waals surface area contributed by atoms with Crippen molar-refractivity contribution in [1.29, 1.82) is 0 Å². The Morgan fingerprint density at radius 1 is 0.630 bits per heavy atom. The summed E-state index contributed by atoms with van der Waals surface area (Å²) in [5, 5.41) is 0. The maximum Gasteiger partial charge on any atom is 0.530 e. The van der Waals surface area contributed by atoms with Gasteiger partial charge in [0.25, 0.3) is 0 Å². The Bertz CT molecular complexity index is 881. The molecule has 0 heterocycles. The molecule has 0 saturated heterocycles. The van der Waals surface area contributed by atoms with Crippen LogP contribution in [-0.4, -0.2) is 0 Å². The van der Waals surface area contributed by atoms with Crippen molar-refractivity contribution in [2.75, 3.05) is 0 Å². The van der Waals surface area contributed by atoms with Crippen LogP contribution in [0, 0.1) is 6.92 Å². The molecule has 8 heteroatoms. The summed E-state index contributed by atoms with van der Waals surface area (Å²) < 4.78 is 21.6. The second kappa shape index (κ2) is 9.75. The van der Waals surface area contributed by atoms with Crippen LogP contribution in [0.25, 0.3) is 0 Å². The molecule has 0 saturated carbocycles. The van der Waals surface area contributed by atoms with Gasteiger partial charge in [0.15, 0.2) is 0 Å². The number of hydrogen-bond acceptors (Lipinski definition) is 3. The van der Waals surface area contributed by atoms with Crippen LogP contribution in [0.1, 0.15) is 5.56 Å². The SMILES string of the molecule is Cc1ccc(OP(Oc2ccc(Br)cc2Br)Oc2ccc(Br)cc2Br)cc1. The number of aryl methyl sites for hydroxylation is 1. The molecule has 3 nitrogen and oxygen atoms in total. The molecule has 0 amide bonds. The number of hydrogen-bond donors (Lipinski definition) is 0. The molecule has 3 rings (SSSR count). The molecular weight excluding hydrogens is 627 g/mol. The molecule has 140 valence electrons. The summed E-state index contributed by atoms with van der Waals surface area (Å²) >= 11 is 13.9. The van der Waals surface area contributed by atoms with E-state index in [1.54, 1.807) is 0 Å². The molecular formula is C19H13Br4O3P. The predicted molar refractivity (Wildman–Crippen MR) is 124 cm³/mol. The van der Waals surface area contributed by atoms with Crippen LogP contribution in [0.3, 0.4) is 0 Å². The summed E-state index contributed by atoms with van der Waals surface area (Å²) in [6.07, 6.45) is 0. The maximum atomic E-state index is 6.04. The van der Waals surface area contributed by atoms with Crippen molar-refractivity contribution in [2.45, 2.75) is 6.92 Å². The van der Waals surface area contributed by atoms with E-state index in [0.29, 0.717) is 17.2 Å². The Labute approximate surface area is 192 Å². The largest absolute Gasteiger partial charge is 0.530 e. The van der Waals surface area contributed by atoms with Crippen molar-refractivity contribution in [3.05, 3.63) is 84.1 Å². The van der Waals surface area contributed by atoms with Gasteiger partial charge in [-0.15, -0.1) is 0 Å². The maximum absolute atomic E-state index is 6.04. The van der Waals surface area contributed by atoms with E-state index in [4.69, 9.17) is 13.6 Å². The number of benzene rings is 3. The molecule has 0 unspecified atom stereocenters. The summed E-state index contributed by atoms with van der Waals surface area (Å²) in [6.45, 7) is 2.03. The van der Waals surface area contributed by atoms with Crippen LogP contribution in [0.5, 0.6) is 17.2 Å². The normalized spacial score (nSPS) is 10.7. The van der Waals surface area contributed by atoms with Gasteiger partial charge < -0.3 is 13.6 Å². The van der Waals surface area contributed by atoms with E-state index in [-0.39, 0.29) is 0 Å². The molecule has 3 aromatic rings. The van der Waals surface area contributed by atoms with E-state index in [2.05, 4.69) is 63.7 Å². The minimum Gasteiger partial charge on any atom is -0.409 e. The van der Waals surface area contributed by atoms with Crippen molar-refractivity contribution >= 4 is 72.3 Å². The highest BCUT2D eigenvalue weighted by Crippen LogP contribution is 2.46. The topological polar surface area (TPSA) is 27.7 Å². The summed E-state index contributed by atoms with van der Waals surface area (Å²) in [4.78, 5) is 0.